The van der Waals surface area contributed by atoms with Gasteiger partial charge in [-0.3, -0.25) is 0 Å². The van der Waals surface area contributed by atoms with Crippen molar-refractivity contribution in [3.8, 4) is 6.07 Å². The summed E-state index contributed by atoms with van der Waals surface area (Å²) in [6.45, 7) is 0. The van der Waals surface area contributed by atoms with E-state index in [1.165, 1.54) is 24.3 Å². The Morgan fingerprint density at radius 1 is 1.45 bits per heavy atom. The molecule has 1 aromatic carbocycles. The molecule has 3 heteroatoms. The molecule has 1 atom stereocenters. The van der Waals surface area contributed by atoms with Gasteiger partial charge in [-0.15, -0.1) is 0 Å². The number of alkyl halides is 1. The zero-order valence-corrected chi connectivity index (χ0v) is 5.59. The van der Waals surface area contributed by atoms with Gasteiger partial charge in [-0.05, 0) is 12.1 Å². The van der Waals surface area contributed by atoms with Crippen LogP contribution in [0, 0.1) is 17.1 Å². The van der Waals surface area contributed by atoms with Crippen LogP contribution in [0.5, 0.6) is 0 Å². The van der Waals surface area contributed by atoms with Crippen LogP contribution >= 0.6 is 0 Å². The smallest absolute Gasteiger partial charge is 0.211 e. The molecule has 0 amide bonds. The van der Waals surface area contributed by atoms with Gasteiger partial charge in [-0.2, -0.15) is 5.26 Å². The van der Waals surface area contributed by atoms with E-state index in [1.54, 1.807) is 0 Å². The summed E-state index contributed by atoms with van der Waals surface area (Å²) in [7, 11) is 0. The van der Waals surface area contributed by atoms with Gasteiger partial charge in [0.2, 0.25) is 6.17 Å². The maximum absolute atomic E-state index is 12.5. The third kappa shape index (κ3) is 1.74. The van der Waals surface area contributed by atoms with Gasteiger partial charge >= 0.3 is 0 Å². The summed E-state index contributed by atoms with van der Waals surface area (Å²) in [6.07, 6.45) is -1.73. The number of nitrogens with zero attached hydrogens (tertiary/aromatic N) is 1. The van der Waals surface area contributed by atoms with Crippen molar-refractivity contribution in [1.29, 1.82) is 5.26 Å². The lowest BCUT2D eigenvalue weighted by Gasteiger charge is -1.97. The Kier molecular flexibility index (Phi) is 2.17. The average molecular weight is 153 g/mol. The fourth-order valence-electron chi connectivity index (χ4n) is 0.739. The molecule has 0 bridgehead atoms. The fraction of sp³-hybridized carbons (Fsp3) is 0.125. The molecule has 0 saturated heterocycles. The highest BCUT2D eigenvalue weighted by Crippen LogP contribution is 2.16. The van der Waals surface area contributed by atoms with E-state index in [4.69, 9.17) is 5.26 Å². The van der Waals surface area contributed by atoms with Crippen molar-refractivity contribution in [3.05, 3.63) is 35.6 Å². The van der Waals surface area contributed by atoms with Crippen LogP contribution in [0.15, 0.2) is 24.3 Å². The van der Waals surface area contributed by atoms with Crippen LogP contribution in [0.3, 0.4) is 0 Å². The molecule has 0 N–H and O–H groups in total. The van der Waals surface area contributed by atoms with Crippen molar-refractivity contribution in [2.24, 2.45) is 0 Å². The first-order valence-corrected chi connectivity index (χ1v) is 3.03. The molecule has 1 unspecified atom stereocenters. The number of hydrogen-bond acceptors (Lipinski definition) is 1. The van der Waals surface area contributed by atoms with Crippen LogP contribution in [0.25, 0.3) is 0 Å². The summed E-state index contributed by atoms with van der Waals surface area (Å²) in [4.78, 5) is 0. The predicted molar refractivity (Wildman–Crippen MR) is 35.9 cm³/mol. The van der Waals surface area contributed by atoms with Gasteiger partial charge in [-0.25, -0.2) is 8.78 Å². The summed E-state index contributed by atoms with van der Waals surface area (Å²) in [5.41, 5.74) is 0.0625. The number of nitriles is 1. The molecule has 0 saturated carbocycles. The Morgan fingerprint density at radius 3 is 2.73 bits per heavy atom. The van der Waals surface area contributed by atoms with Gasteiger partial charge < -0.3 is 0 Å². The van der Waals surface area contributed by atoms with E-state index in [0.717, 1.165) is 6.07 Å². The van der Waals surface area contributed by atoms with Crippen LogP contribution in [0.1, 0.15) is 11.7 Å². The molecule has 0 aliphatic heterocycles. The molecule has 0 aromatic heterocycles. The van der Waals surface area contributed by atoms with Crippen LogP contribution < -0.4 is 0 Å². The Labute approximate surface area is 62.9 Å². The largest absolute Gasteiger partial charge is 0.226 e. The van der Waals surface area contributed by atoms with E-state index in [-0.39, 0.29) is 5.56 Å². The average Bonchev–Trinajstić information content (AvgIpc) is 2.03. The lowest BCUT2D eigenvalue weighted by molar-refractivity contribution is 0.422. The first-order valence-electron chi connectivity index (χ1n) is 3.03. The Morgan fingerprint density at radius 2 is 2.18 bits per heavy atom. The summed E-state index contributed by atoms with van der Waals surface area (Å²) in [5, 5.41) is 8.13. The van der Waals surface area contributed by atoms with E-state index < -0.39 is 12.0 Å². The minimum Gasteiger partial charge on any atom is -0.226 e. The zero-order valence-electron chi connectivity index (χ0n) is 5.59. The lowest BCUT2D eigenvalue weighted by atomic mass is 10.1. The van der Waals surface area contributed by atoms with Crippen molar-refractivity contribution in [1.82, 2.24) is 0 Å². The minimum atomic E-state index is -1.73. The summed E-state index contributed by atoms with van der Waals surface area (Å²) in [6, 6.07) is 6.33. The number of halogens is 2. The SMILES string of the molecule is N#CC(F)c1cccc(F)c1. The van der Waals surface area contributed by atoms with Gasteiger partial charge in [-0.1, -0.05) is 12.1 Å². The standard InChI is InChI=1S/C8H5F2N/c9-7-3-1-2-6(4-7)8(10)5-11/h1-4,8H. The highest BCUT2D eigenvalue weighted by Gasteiger charge is 2.07. The molecule has 0 aliphatic rings. The quantitative estimate of drug-likeness (QED) is 0.607. The lowest BCUT2D eigenvalue weighted by Crippen LogP contribution is -1.87. The van der Waals surface area contributed by atoms with Crippen LogP contribution in [0.2, 0.25) is 0 Å². The van der Waals surface area contributed by atoms with Gasteiger partial charge in [0, 0.05) is 5.56 Å². The molecule has 0 aliphatic carbocycles. The van der Waals surface area contributed by atoms with Crippen molar-refractivity contribution in [2.75, 3.05) is 0 Å². The highest BCUT2D eigenvalue weighted by molar-refractivity contribution is 5.22. The minimum absolute atomic E-state index is 0.0625. The molecule has 0 spiro atoms. The van der Waals surface area contributed by atoms with Crippen molar-refractivity contribution in [3.63, 3.8) is 0 Å². The highest BCUT2D eigenvalue weighted by atomic mass is 19.1. The normalized spacial score (nSPS) is 12.1. The first-order chi connectivity index (χ1) is 5.24. The number of rotatable bonds is 1. The molecule has 0 radical (unpaired) electrons. The van der Waals surface area contributed by atoms with Gasteiger partial charge in [0.05, 0.1) is 0 Å². The van der Waals surface area contributed by atoms with E-state index in [1.807, 2.05) is 0 Å². The first kappa shape index (κ1) is 7.67. The second-order valence-corrected chi connectivity index (χ2v) is 2.05. The number of benzene rings is 1. The molecule has 1 nitrogen and oxygen atoms in total. The second kappa shape index (κ2) is 3.11. The van der Waals surface area contributed by atoms with Gasteiger partial charge in [0.15, 0.2) is 0 Å². The second-order valence-electron chi connectivity index (χ2n) is 2.05. The topological polar surface area (TPSA) is 23.8 Å². The van der Waals surface area contributed by atoms with Crippen LogP contribution in [0.4, 0.5) is 8.78 Å². The monoisotopic (exact) mass is 153 g/mol. The maximum Gasteiger partial charge on any atom is 0.211 e. The van der Waals surface area contributed by atoms with E-state index >= 15 is 0 Å². The van der Waals surface area contributed by atoms with Crippen molar-refractivity contribution >= 4 is 0 Å². The fourth-order valence-corrected chi connectivity index (χ4v) is 0.739. The Balaban J connectivity index is 2.98. The Hall–Kier alpha value is -1.43. The van der Waals surface area contributed by atoms with Crippen LogP contribution in [-0.2, 0) is 0 Å². The molecular formula is C8H5F2N. The zero-order chi connectivity index (χ0) is 8.27. The van der Waals surface area contributed by atoms with E-state index in [0.29, 0.717) is 0 Å². The molecule has 56 valence electrons. The van der Waals surface area contributed by atoms with E-state index in [9.17, 15) is 8.78 Å². The third-order valence-corrected chi connectivity index (χ3v) is 1.25. The molecular weight excluding hydrogens is 148 g/mol. The van der Waals surface area contributed by atoms with Gasteiger partial charge in [0.1, 0.15) is 11.9 Å². The van der Waals surface area contributed by atoms with Crippen molar-refractivity contribution in [2.45, 2.75) is 6.17 Å². The summed E-state index contributed by atoms with van der Waals surface area (Å²) >= 11 is 0. The third-order valence-electron chi connectivity index (χ3n) is 1.25. The Bertz CT molecular complexity index is 290. The van der Waals surface area contributed by atoms with Crippen molar-refractivity contribution < 1.29 is 8.78 Å². The number of hydrogen-bond donors (Lipinski definition) is 0. The maximum atomic E-state index is 12.5. The molecule has 11 heavy (non-hydrogen) atoms. The van der Waals surface area contributed by atoms with E-state index in [2.05, 4.69) is 0 Å². The summed E-state index contributed by atoms with van der Waals surface area (Å²) in [5.74, 6) is -0.527. The summed E-state index contributed by atoms with van der Waals surface area (Å²) < 4.78 is 24.9. The molecule has 1 aromatic rings. The van der Waals surface area contributed by atoms with Crippen LogP contribution in [-0.4, -0.2) is 0 Å². The van der Waals surface area contributed by atoms with Gasteiger partial charge in [0.25, 0.3) is 0 Å². The predicted octanol–water partition coefficient (Wildman–Crippen LogP) is 2.36. The molecule has 0 fully saturated rings. The molecule has 1 rings (SSSR count). The molecule has 0 heterocycles.